The number of anilines is 1. The molecule has 2 amide bonds. The second-order valence-corrected chi connectivity index (χ2v) is 6.77. The lowest BCUT2D eigenvalue weighted by molar-refractivity contribution is -0.121. The van der Waals surface area contributed by atoms with Crippen molar-refractivity contribution in [1.29, 1.82) is 0 Å². The van der Waals surface area contributed by atoms with Gasteiger partial charge in [-0.1, -0.05) is 18.2 Å². The first kappa shape index (κ1) is 21.4. The number of carbonyl (C=O) groups is 2. The molecule has 0 saturated heterocycles. The van der Waals surface area contributed by atoms with Gasteiger partial charge in [0.25, 0.3) is 0 Å². The van der Waals surface area contributed by atoms with Crippen LogP contribution >= 0.6 is 0 Å². The first-order valence-electron chi connectivity index (χ1n) is 9.41. The molecule has 2 rings (SSSR count). The number of carbonyl (C=O) groups excluding carboxylic acids is 2. The van der Waals surface area contributed by atoms with Crippen LogP contribution in [-0.2, 0) is 16.0 Å². The van der Waals surface area contributed by atoms with Crippen LogP contribution in [0.3, 0.4) is 0 Å². The predicted molar refractivity (Wildman–Crippen MR) is 108 cm³/mol. The lowest BCUT2D eigenvalue weighted by Crippen LogP contribution is -2.34. The Hall–Kier alpha value is -2.89. The highest BCUT2D eigenvalue weighted by Crippen LogP contribution is 2.20. The zero-order valence-electron chi connectivity index (χ0n) is 16.6. The molecule has 0 aromatic heterocycles. The number of rotatable bonds is 9. The van der Waals surface area contributed by atoms with Crippen LogP contribution in [0.4, 0.5) is 10.1 Å². The molecule has 0 saturated carbocycles. The molecular weight excluding hydrogens is 359 g/mol. The second kappa shape index (κ2) is 10.4. The number of benzene rings is 2. The van der Waals surface area contributed by atoms with E-state index in [0.29, 0.717) is 24.2 Å². The van der Waals surface area contributed by atoms with Crippen LogP contribution in [-0.4, -0.2) is 31.0 Å². The van der Waals surface area contributed by atoms with E-state index in [1.54, 1.807) is 47.4 Å². The predicted octanol–water partition coefficient (Wildman–Crippen LogP) is 3.71. The molecule has 0 fully saturated rings. The number of hydrogen-bond donors (Lipinski definition) is 1. The van der Waals surface area contributed by atoms with E-state index < -0.39 is 0 Å². The summed E-state index contributed by atoms with van der Waals surface area (Å²) in [5.41, 5.74) is 1.28. The third kappa shape index (κ3) is 6.68. The number of nitrogens with zero attached hydrogens (tertiary/aromatic N) is 1. The summed E-state index contributed by atoms with van der Waals surface area (Å²) in [6.45, 7) is 5.97. The van der Waals surface area contributed by atoms with Crippen molar-refractivity contribution >= 4 is 17.5 Å². The van der Waals surface area contributed by atoms with E-state index >= 15 is 0 Å². The van der Waals surface area contributed by atoms with Crippen LogP contribution < -0.4 is 15.0 Å². The van der Waals surface area contributed by atoms with Crippen molar-refractivity contribution in [3.05, 3.63) is 59.9 Å². The third-order valence-corrected chi connectivity index (χ3v) is 4.14. The van der Waals surface area contributed by atoms with Crippen molar-refractivity contribution in [2.45, 2.75) is 39.7 Å². The van der Waals surface area contributed by atoms with Crippen LogP contribution in [0.2, 0.25) is 0 Å². The molecule has 0 heterocycles. The molecule has 6 heteroatoms. The monoisotopic (exact) mass is 386 g/mol. The molecule has 0 atom stereocenters. The van der Waals surface area contributed by atoms with Crippen LogP contribution in [0.25, 0.3) is 0 Å². The van der Waals surface area contributed by atoms with Gasteiger partial charge in [-0.3, -0.25) is 9.59 Å². The summed E-state index contributed by atoms with van der Waals surface area (Å²) in [7, 11) is 0. The van der Waals surface area contributed by atoms with E-state index in [1.807, 2.05) is 13.8 Å². The highest BCUT2D eigenvalue weighted by Gasteiger charge is 2.14. The molecule has 2 aromatic carbocycles. The average molecular weight is 386 g/mol. The first-order chi connectivity index (χ1) is 13.4. The summed E-state index contributed by atoms with van der Waals surface area (Å²) in [6, 6.07) is 13.7. The fourth-order valence-corrected chi connectivity index (χ4v) is 2.78. The maximum atomic E-state index is 13.6. The van der Waals surface area contributed by atoms with E-state index in [2.05, 4.69) is 5.32 Å². The Bertz CT molecular complexity index is 791. The maximum absolute atomic E-state index is 13.6. The lowest BCUT2D eigenvalue weighted by Gasteiger charge is -2.21. The minimum Gasteiger partial charge on any atom is -0.491 e. The first-order valence-corrected chi connectivity index (χ1v) is 9.41. The van der Waals surface area contributed by atoms with Crippen molar-refractivity contribution in [2.75, 3.05) is 18.0 Å². The zero-order valence-corrected chi connectivity index (χ0v) is 16.6. The van der Waals surface area contributed by atoms with Gasteiger partial charge in [-0.15, -0.1) is 0 Å². The van der Waals surface area contributed by atoms with Crippen molar-refractivity contribution in [2.24, 2.45) is 0 Å². The van der Waals surface area contributed by atoms with Gasteiger partial charge in [-0.05, 0) is 56.2 Å². The van der Waals surface area contributed by atoms with Crippen LogP contribution in [0.15, 0.2) is 48.5 Å². The second-order valence-electron chi connectivity index (χ2n) is 6.77. The fourth-order valence-electron chi connectivity index (χ4n) is 2.78. The number of hydrogen-bond acceptors (Lipinski definition) is 3. The van der Waals surface area contributed by atoms with Gasteiger partial charge in [0.15, 0.2) is 0 Å². The van der Waals surface area contributed by atoms with Crippen molar-refractivity contribution in [1.82, 2.24) is 5.32 Å². The summed E-state index contributed by atoms with van der Waals surface area (Å²) in [5, 5.41) is 2.77. The maximum Gasteiger partial charge on any atom is 0.223 e. The molecule has 0 aliphatic heterocycles. The molecule has 0 aliphatic carbocycles. The minimum absolute atomic E-state index is 0.0721. The Balaban J connectivity index is 1.84. The Labute approximate surface area is 165 Å². The summed E-state index contributed by atoms with van der Waals surface area (Å²) >= 11 is 0. The number of halogens is 1. The van der Waals surface area contributed by atoms with Gasteiger partial charge in [0.05, 0.1) is 6.10 Å². The van der Waals surface area contributed by atoms with Gasteiger partial charge >= 0.3 is 0 Å². The lowest BCUT2D eigenvalue weighted by atomic mass is 10.1. The third-order valence-electron chi connectivity index (χ3n) is 4.14. The number of amides is 2. The summed E-state index contributed by atoms with van der Waals surface area (Å²) in [4.78, 5) is 25.6. The van der Waals surface area contributed by atoms with Gasteiger partial charge in [0.1, 0.15) is 11.6 Å². The molecule has 0 unspecified atom stereocenters. The van der Waals surface area contributed by atoms with E-state index in [-0.39, 0.29) is 36.7 Å². The molecule has 0 radical (unpaired) electrons. The van der Waals surface area contributed by atoms with Gasteiger partial charge in [0, 0.05) is 32.1 Å². The van der Waals surface area contributed by atoms with Crippen molar-refractivity contribution in [3.63, 3.8) is 0 Å². The highest BCUT2D eigenvalue weighted by atomic mass is 19.1. The summed E-state index contributed by atoms with van der Waals surface area (Å²) < 4.78 is 19.2. The largest absolute Gasteiger partial charge is 0.491 e. The van der Waals surface area contributed by atoms with Crippen LogP contribution in [0.1, 0.15) is 32.8 Å². The molecule has 28 heavy (non-hydrogen) atoms. The standard InChI is InChI=1S/C22H27FN2O3/c1-16(2)28-20-10-8-19(9-11-20)25(17(3)26)15-13-22(27)24-14-12-18-6-4-5-7-21(18)23/h4-11,16H,12-15H2,1-3H3,(H,24,27). The quantitative estimate of drug-likeness (QED) is 0.715. The van der Waals surface area contributed by atoms with Crippen molar-refractivity contribution in [3.8, 4) is 5.75 Å². The SMILES string of the molecule is CC(=O)N(CCC(=O)NCCc1ccccc1F)c1ccc(OC(C)C)cc1. The average Bonchev–Trinajstić information content (AvgIpc) is 2.64. The van der Waals surface area contributed by atoms with Gasteiger partial charge in [-0.25, -0.2) is 4.39 Å². The summed E-state index contributed by atoms with van der Waals surface area (Å²) in [5.74, 6) is 0.136. The zero-order chi connectivity index (χ0) is 20.5. The van der Waals surface area contributed by atoms with Gasteiger partial charge in [-0.2, -0.15) is 0 Å². The van der Waals surface area contributed by atoms with Gasteiger partial charge < -0.3 is 15.0 Å². The smallest absolute Gasteiger partial charge is 0.223 e. The topological polar surface area (TPSA) is 58.6 Å². The molecular formula is C22H27FN2O3. The molecule has 150 valence electrons. The van der Waals surface area contributed by atoms with E-state index in [9.17, 15) is 14.0 Å². The molecule has 2 aromatic rings. The number of nitrogens with one attached hydrogen (secondary N) is 1. The van der Waals surface area contributed by atoms with E-state index in [0.717, 1.165) is 5.75 Å². The minimum atomic E-state index is -0.274. The molecule has 0 bridgehead atoms. The summed E-state index contributed by atoms with van der Waals surface area (Å²) in [6.07, 6.45) is 0.663. The molecule has 5 nitrogen and oxygen atoms in total. The Morgan fingerprint density at radius 3 is 2.39 bits per heavy atom. The Morgan fingerprint density at radius 1 is 1.11 bits per heavy atom. The number of ether oxygens (including phenoxy) is 1. The van der Waals surface area contributed by atoms with Gasteiger partial charge in [0.2, 0.25) is 11.8 Å². The van der Waals surface area contributed by atoms with E-state index in [1.165, 1.54) is 13.0 Å². The Morgan fingerprint density at radius 2 is 1.79 bits per heavy atom. The molecule has 0 spiro atoms. The van der Waals surface area contributed by atoms with Crippen LogP contribution in [0, 0.1) is 5.82 Å². The van der Waals surface area contributed by atoms with Crippen molar-refractivity contribution < 1.29 is 18.7 Å². The highest BCUT2D eigenvalue weighted by molar-refractivity contribution is 5.92. The van der Waals surface area contributed by atoms with E-state index in [4.69, 9.17) is 4.74 Å². The Kier molecular flexibility index (Phi) is 7.99. The fraction of sp³-hybridized carbons (Fsp3) is 0.364. The molecule has 1 N–H and O–H groups in total. The van der Waals surface area contributed by atoms with Crippen LogP contribution in [0.5, 0.6) is 5.75 Å². The molecule has 0 aliphatic rings. The normalized spacial score (nSPS) is 10.6.